The first-order valence-corrected chi connectivity index (χ1v) is 9.73. The molecule has 1 N–H and O–H groups in total. The van der Waals surface area contributed by atoms with Gasteiger partial charge in [0.25, 0.3) is 5.91 Å². The highest BCUT2D eigenvalue weighted by molar-refractivity contribution is 7.93. The van der Waals surface area contributed by atoms with Crippen LogP contribution in [0.1, 0.15) is 13.8 Å². The molecule has 2 rings (SSSR count). The molecule has 0 atom stereocenters. The molecule has 0 spiro atoms. The van der Waals surface area contributed by atoms with Crippen molar-refractivity contribution in [3.63, 3.8) is 0 Å². The highest BCUT2D eigenvalue weighted by Gasteiger charge is 2.16. The van der Waals surface area contributed by atoms with Crippen LogP contribution < -0.4 is 14.3 Å². The molecule has 0 bridgehead atoms. The van der Waals surface area contributed by atoms with E-state index in [2.05, 4.69) is 9.71 Å². The van der Waals surface area contributed by atoms with Crippen LogP contribution in [0.2, 0.25) is 0 Å². The van der Waals surface area contributed by atoms with Crippen molar-refractivity contribution in [3.05, 3.63) is 40.6 Å². The van der Waals surface area contributed by atoms with Gasteiger partial charge < -0.3 is 9.30 Å². The quantitative estimate of drug-likeness (QED) is 0.840. The Labute approximate surface area is 144 Å². The Kier molecular flexibility index (Phi) is 5.79. The Morgan fingerprint density at radius 3 is 2.54 bits per heavy atom. The molecule has 1 aromatic carbocycles. The molecule has 130 valence electrons. The zero-order valence-electron chi connectivity index (χ0n) is 13.6. The molecule has 0 aliphatic carbocycles. The van der Waals surface area contributed by atoms with E-state index < -0.39 is 21.7 Å². The molecule has 0 saturated heterocycles. The van der Waals surface area contributed by atoms with Crippen molar-refractivity contribution >= 4 is 33.0 Å². The lowest BCUT2D eigenvalue weighted by molar-refractivity contribution is -0.115. The van der Waals surface area contributed by atoms with Crippen LogP contribution in [0.25, 0.3) is 0 Å². The van der Waals surface area contributed by atoms with Crippen LogP contribution in [0.15, 0.2) is 40.8 Å². The predicted octanol–water partition coefficient (Wildman–Crippen LogP) is 1.74. The maximum atomic E-state index is 12.1. The van der Waals surface area contributed by atoms with Gasteiger partial charge in [-0.25, -0.2) is 8.42 Å². The van der Waals surface area contributed by atoms with Gasteiger partial charge in [-0.3, -0.25) is 9.52 Å². The van der Waals surface area contributed by atoms with E-state index in [1.165, 1.54) is 11.3 Å². The number of carbonyl (C=O) groups is 1. The maximum absolute atomic E-state index is 12.1. The third-order valence-electron chi connectivity index (χ3n) is 2.79. The smallest absolute Gasteiger partial charge is 0.265 e. The van der Waals surface area contributed by atoms with Crippen LogP contribution in [-0.4, -0.2) is 30.7 Å². The summed E-state index contributed by atoms with van der Waals surface area (Å²) in [5, 5.41) is 1.76. The number of carbonyl (C=O) groups excluding carboxylic acids is 1. The Morgan fingerprint density at radius 1 is 1.33 bits per heavy atom. The van der Waals surface area contributed by atoms with Gasteiger partial charge in [-0.05, 0) is 38.1 Å². The molecule has 0 saturated carbocycles. The Morgan fingerprint density at radius 2 is 2.00 bits per heavy atom. The second-order valence-corrected chi connectivity index (χ2v) is 7.95. The Hall–Kier alpha value is -2.13. The molecule has 1 heterocycles. The molecule has 9 heteroatoms. The highest BCUT2D eigenvalue weighted by atomic mass is 32.2. The van der Waals surface area contributed by atoms with Gasteiger partial charge >= 0.3 is 0 Å². The SMILES string of the molecule is CC(C)Oc1ccc(NS(=O)(=O)CC(=O)N=c2sccn2C)cc1. The number of ether oxygens (including phenoxy) is 1. The lowest BCUT2D eigenvalue weighted by Gasteiger charge is -2.11. The lowest BCUT2D eigenvalue weighted by atomic mass is 10.3. The monoisotopic (exact) mass is 369 g/mol. The number of aromatic nitrogens is 1. The molecule has 0 aliphatic rings. The van der Waals surface area contributed by atoms with Gasteiger partial charge in [0.05, 0.1) is 6.10 Å². The van der Waals surface area contributed by atoms with E-state index in [1.807, 2.05) is 13.8 Å². The van der Waals surface area contributed by atoms with Crippen LogP contribution in [0, 0.1) is 0 Å². The zero-order valence-corrected chi connectivity index (χ0v) is 15.2. The number of rotatable bonds is 6. The number of thiazole rings is 1. The number of aryl methyl sites for hydroxylation is 1. The summed E-state index contributed by atoms with van der Waals surface area (Å²) < 4.78 is 33.6. The summed E-state index contributed by atoms with van der Waals surface area (Å²) in [6.07, 6.45) is 1.77. The average molecular weight is 369 g/mol. The first-order chi connectivity index (χ1) is 11.2. The molecule has 7 nitrogen and oxygen atoms in total. The number of amides is 1. The maximum Gasteiger partial charge on any atom is 0.265 e. The second kappa shape index (κ2) is 7.63. The van der Waals surface area contributed by atoms with E-state index >= 15 is 0 Å². The van der Waals surface area contributed by atoms with Crippen molar-refractivity contribution in [3.8, 4) is 5.75 Å². The van der Waals surface area contributed by atoms with Crippen LogP contribution in [0.3, 0.4) is 0 Å². The van der Waals surface area contributed by atoms with Crippen LogP contribution in [0.5, 0.6) is 5.75 Å². The summed E-state index contributed by atoms with van der Waals surface area (Å²) in [4.78, 5) is 16.1. The van der Waals surface area contributed by atoms with E-state index in [0.29, 0.717) is 16.2 Å². The standard InChI is InChI=1S/C15H19N3O4S2/c1-11(2)22-13-6-4-12(5-7-13)17-24(20,21)10-14(19)16-15-18(3)8-9-23-15/h4-9,11,17H,10H2,1-3H3. The van der Waals surface area contributed by atoms with E-state index in [-0.39, 0.29) is 6.10 Å². The molecule has 0 radical (unpaired) electrons. The fourth-order valence-electron chi connectivity index (χ4n) is 1.83. The minimum Gasteiger partial charge on any atom is -0.491 e. The number of nitrogens with one attached hydrogen (secondary N) is 1. The van der Waals surface area contributed by atoms with Crippen molar-refractivity contribution in [1.29, 1.82) is 0 Å². The van der Waals surface area contributed by atoms with E-state index in [1.54, 1.807) is 47.5 Å². The van der Waals surface area contributed by atoms with Crippen molar-refractivity contribution in [2.45, 2.75) is 20.0 Å². The molecular formula is C15H19N3O4S2. The fraction of sp³-hybridized carbons (Fsp3) is 0.333. The van der Waals surface area contributed by atoms with Crippen molar-refractivity contribution in [2.75, 3.05) is 10.5 Å². The number of nitrogens with zero attached hydrogens (tertiary/aromatic N) is 2. The van der Waals surface area contributed by atoms with Gasteiger partial charge in [0, 0.05) is 24.3 Å². The third-order valence-corrected chi connectivity index (χ3v) is 4.81. The van der Waals surface area contributed by atoms with E-state index in [9.17, 15) is 13.2 Å². The van der Waals surface area contributed by atoms with Crippen molar-refractivity contribution in [1.82, 2.24) is 4.57 Å². The van der Waals surface area contributed by atoms with Gasteiger partial charge in [-0.1, -0.05) is 0 Å². The summed E-state index contributed by atoms with van der Waals surface area (Å²) in [6.45, 7) is 3.80. The van der Waals surface area contributed by atoms with Gasteiger partial charge in [0.2, 0.25) is 10.0 Å². The summed E-state index contributed by atoms with van der Waals surface area (Å²) in [7, 11) is -2.09. The first kappa shape index (κ1) is 18.2. The van der Waals surface area contributed by atoms with Crippen molar-refractivity contribution in [2.24, 2.45) is 12.0 Å². The molecule has 1 amide bonds. The van der Waals surface area contributed by atoms with Crippen LogP contribution >= 0.6 is 11.3 Å². The summed E-state index contributed by atoms with van der Waals surface area (Å²) in [5.74, 6) is -0.792. The zero-order chi connectivity index (χ0) is 17.7. The molecule has 0 aliphatic heterocycles. The fourth-order valence-corrected chi connectivity index (χ4v) is 3.53. The molecular weight excluding hydrogens is 350 g/mol. The first-order valence-electron chi connectivity index (χ1n) is 7.20. The summed E-state index contributed by atoms with van der Waals surface area (Å²) >= 11 is 1.26. The molecule has 2 aromatic rings. The Balaban J connectivity index is 2.03. The van der Waals surface area contributed by atoms with Crippen molar-refractivity contribution < 1.29 is 17.9 Å². The average Bonchev–Trinajstić information content (AvgIpc) is 2.84. The van der Waals surface area contributed by atoms with Gasteiger partial charge in [-0.2, -0.15) is 4.99 Å². The predicted molar refractivity (Wildman–Crippen MR) is 93.5 cm³/mol. The van der Waals surface area contributed by atoms with Crippen LogP contribution in [-0.2, 0) is 21.9 Å². The largest absolute Gasteiger partial charge is 0.491 e. The molecule has 1 aromatic heterocycles. The Bertz CT molecular complexity index is 865. The van der Waals surface area contributed by atoms with Gasteiger partial charge in [0.1, 0.15) is 5.75 Å². The number of sulfonamides is 1. The normalized spacial score (nSPS) is 12.4. The molecule has 0 fully saturated rings. The van der Waals surface area contributed by atoms with Gasteiger partial charge in [-0.15, -0.1) is 11.3 Å². The molecule has 24 heavy (non-hydrogen) atoms. The number of hydrogen-bond donors (Lipinski definition) is 1. The van der Waals surface area contributed by atoms with Gasteiger partial charge in [0.15, 0.2) is 10.6 Å². The number of hydrogen-bond acceptors (Lipinski definition) is 5. The highest BCUT2D eigenvalue weighted by Crippen LogP contribution is 2.17. The van der Waals surface area contributed by atoms with E-state index in [4.69, 9.17) is 4.74 Å². The third kappa shape index (κ3) is 5.50. The molecule has 0 unspecified atom stereocenters. The second-order valence-electron chi connectivity index (χ2n) is 5.35. The topological polar surface area (TPSA) is 89.8 Å². The summed E-state index contributed by atoms with van der Waals surface area (Å²) in [6, 6.07) is 6.48. The van der Waals surface area contributed by atoms with E-state index in [0.717, 1.165) is 0 Å². The summed E-state index contributed by atoms with van der Waals surface area (Å²) in [5.41, 5.74) is 0.362. The minimum atomic E-state index is -3.82. The lowest BCUT2D eigenvalue weighted by Crippen LogP contribution is -2.24. The minimum absolute atomic E-state index is 0.0327. The number of benzene rings is 1. The number of anilines is 1. The van der Waals surface area contributed by atoms with Crippen LogP contribution in [0.4, 0.5) is 5.69 Å².